The van der Waals surface area contributed by atoms with Crippen molar-refractivity contribution in [2.24, 2.45) is 5.92 Å². The number of carbonyl (C=O) groups is 2. The smallest absolute Gasteiger partial charge is 0.313 e. The molecule has 0 bridgehead atoms. The lowest BCUT2D eigenvalue weighted by molar-refractivity contribution is -0.144. The second-order valence-electron chi connectivity index (χ2n) is 5.93. The fourth-order valence-corrected chi connectivity index (χ4v) is 2.91. The summed E-state index contributed by atoms with van der Waals surface area (Å²) >= 11 is 0. The van der Waals surface area contributed by atoms with E-state index in [1.807, 2.05) is 0 Å². The largest absolute Gasteiger partial charge is 0.383 e. The summed E-state index contributed by atoms with van der Waals surface area (Å²) in [5.74, 6) is -0.396. The van der Waals surface area contributed by atoms with Gasteiger partial charge in [-0.15, -0.1) is 0 Å². The summed E-state index contributed by atoms with van der Waals surface area (Å²) in [7, 11) is 0. The lowest BCUT2D eigenvalue weighted by Crippen LogP contribution is -2.44. The van der Waals surface area contributed by atoms with Gasteiger partial charge in [0.2, 0.25) is 0 Å². The molecule has 1 fully saturated rings. The van der Waals surface area contributed by atoms with Crippen LogP contribution >= 0.6 is 0 Å². The van der Waals surface area contributed by atoms with E-state index < -0.39 is 11.8 Å². The number of aromatic nitrogens is 2. The number of amides is 2. The van der Waals surface area contributed by atoms with Crippen molar-refractivity contribution in [1.82, 2.24) is 14.9 Å². The van der Waals surface area contributed by atoms with Gasteiger partial charge in [-0.1, -0.05) is 6.92 Å². The second kappa shape index (κ2) is 6.20. The Morgan fingerprint density at radius 1 is 1.35 bits per heavy atom. The van der Waals surface area contributed by atoms with E-state index in [0.717, 1.165) is 12.8 Å². The highest BCUT2D eigenvalue weighted by Gasteiger charge is 2.26. The first kappa shape index (κ1) is 15.2. The molecule has 3 N–H and O–H groups in total. The summed E-state index contributed by atoms with van der Waals surface area (Å²) in [5, 5.41) is 4.00. The minimum absolute atomic E-state index is 0.335. The van der Waals surface area contributed by atoms with E-state index in [2.05, 4.69) is 22.2 Å². The third-order valence-corrected chi connectivity index (χ3v) is 4.11. The van der Waals surface area contributed by atoms with Crippen LogP contribution < -0.4 is 11.1 Å². The molecule has 3 heterocycles. The summed E-state index contributed by atoms with van der Waals surface area (Å²) in [6, 6.07) is 1.73. The molecule has 1 saturated heterocycles. The molecule has 0 saturated carbocycles. The number of rotatable bonds is 1. The average molecular weight is 313 g/mol. The first-order valence-electron chi connectivity index (χ1n) is 7.64. The molecule has 0 aliphatic carbocycles. The maximum absolute atomic E-state index is 12.3. The summed E-state index contributed by atoms with van der Waals surface area (Å²) in [5.41, 5.74) is 6.27. The minimum atomic E-state index is -0.649. The number of pyridine rings is 2. The van der Waals surface area contributed by atoms with Crippen LogP contribution in [-0.4, -0.2) is 39.8 Å². The van der Waals surface area contributed by atoms with E-state index in [4.69, 9.17) is 5.73 Å². The Labute approximate surface area is 133 Å². The van der Waals surface area contributed by atoms with E-state index in [1.165, 1.54) is 6.20 Å². The van der Waals surface area contributed by atoms with Gasteiger partial charge in [0.05, 0.1) is 11.9 Å². The SMILES string of the molecule is CC1CCCN(C(=O)C(=O)Nc2cncc3c(N)nccc23)C1. The van der Waals surface area contributed by atoms with Gasteiger partial charge in [-0.05, 0) is 24.8 Å². The van der Waals surface area contributed by atoms with E-state index in [-0.39, 0.29) is 0 Å². The molecule has 2 aromatic heterocycles. The highest BCUT2D eigenvalue weighted by atomic mass is 16.2. The van der Waals surface area contributed by atoms with Crippen molar-refractivity contribution in [3.05, 3.63) is 24.7 Å². The molecule has 0 aromatic carbocycles. The number of anilines is 2. The summed E-state index contributed by atoms with van der Waals surface area (Å²) in [6.45, 7) is 3.33. The number of hydrogen-bond donors (Lipinski definition) is 2. The topological polar surface area (TPSA) is 101 Å². The van der Waals surface area contributed by atoms with Gasteiger partial charge in [0.25, 0.3) is 0 Å². The Kier molecular flexibility index (Phi) is 4.10. The zero-order valence-electron chi connectivity index (χ0n) is 13.0. The predicted octanol–water partition coefficient (Wildman–Crippen LogP) is 1.41. The highest BCUT2D eigenvalue weighted by molar-refractivity contribution is 6.40. The Bertz CT molecular complexity index is 761. The molecule has 1 unspecified atom stereocenters. The van der Waals surface area contributed by atoms with Crippen molar-refractivity contribution < 1.29 is 9.59 Å². The van der Waals surface area contributed by atoms with Crippen LogP contribution in [0.5, 0.6) is 0 Å². The molecule has 7 nitrogen and oxygen atoms in total. The van der Waals surface area contributed by atoms with Gasteiger partial charge < -0.3 is 16.0 Å². The van der Waals surface area contributed by atoms with Crippen molar-refractivity contribution in [1.29, 1.82) is 0 Å². The first-order valence-corrected chi connectivity index (χ1v) is 7.64. The number of hydrogen-bond acceptors (Lipinski definition) is 5. The number of nitrogens with two attached hydrogens (primary N) is 1. The molecule has 120 valence electrons. The van der Waals surface area contributed by atoms with Crippen molar-refractivity contribution >= 4 is 34.1 Å². The monoisotopic (exact) mass is 313 g/mol. The Balaban J connectivity index is 1.80. The van der Waals surface area contributed by atoms with Crippen LogP contribution in [0.15, 0.2) is 24.7 Å². The number of nitrogen functional groups attached to an aromatic ring is 1. The standard InChI is InChI=1S/C16H19N5O2/c1-10-3-2-6-21(9-10)16(23)15(22)20-13-8-18-7-12-11(13)4-5-19-14(12)17/h4-5,7-8,10H,2-3,6,9H2,1H3,(H2,17,19)(H,20,22). The maximum Gasteiger partial charge on any atom is 0.313 e. The van der Waals surface area contributed by atoms with Gasteiger partial charge in [0.1, 0.15) is 5.82 Å². The predicted molar refractivity (Wildman–Crippen MR) is 87.6 cm³/mol. The van der Waals surface area contributed by atoms with Gasteiger partial charge in [-0.3, -0.25) is 14.6 Å². The molecule has 2 aromatic rings. The van der Waals surface area contributed by atoms with Crippen LogP contribution in [0, 0.1) is 5.92 Å². The molecule has 0 spiro atoms. The summed E-state index contributed by atoms with van der Waals surface area (Å²) < 4.78 is 0. The van der Waals surface area contributed by atoms with Gasteiger partial charge >= 0.3 is 11.8 Å². The van der Waals surface area contributed by atoms with Crippen LogP contribution in [0.4, 0.5) is 11.5 Å². The molecule has 7 heteroatoms. The van der Waals surface area contributed by atoms with Crippen molar-refractivity contribution in [2.45, 2.75) is 19.8 Å². The number of nitrogens with one attached hydrogen (secondary N) is 1. The molecular formula is C16H19N5O2. The summed E-state index contributed by atoms with van der Waals surface area (Å²) in [4.78, 5) is 34.2. The van der Waals surface area contributed by atoms with Crippen LogP contribution in [-0.2, 0) is 9.59 Å². The van der Waals surface area contributed by atoms with Crippen molar-refractivity contribution in [2.75, 3.05) is 24.1 Å². The molecule has 0 radical (unpaired) electrons. The third kappa shape index (κ3) is 3.08. The third-order valence-electron chi connectivity index (χ3n) is 4.11. The normalized spacial score (nSPS) is 18.0. The Morgan fingerprint density at radius 3 is 2.96 bits per heavy atom. The molecular weight excluding hydrogens is 294 g/mol. The molecule has 2 amide bonds. The first-order chi connectivity index (χ1) is 11.1. The Morgan fingerprint density at radius 2 is 2.17 bits per heavy atom. The average Bonchev–Trinajstić information content (AvgIpc) is 2.55. The van der Waals surface area contributed by atoms with Gasteiger partial charge in [0.15, 0.2) is 0 Å². The van der Waals surface area contributed by atoms with E-state index in [9.17, 15) is 9.59 Å². The fourth-order valence-electron chi connectivity index (χ4n) is 2.91. The Hall–Kier alpha value is -2.70. The number of likely N-dealkylation sites (tertiary alicyclic amines) is 1. The fraction of sp³-hybridized carbons (Fsp3) is 0.375. The number of fused-ring (bicyclic) bond motifs is 1. The maximum atomic E-state index is 12.3. The van der Waals surface area contributed by atoms with Gasteiger partial charge in [-0.2, -0.15) is 0 Å². The molecule has 1 atom stereocenters. The van der Waals surface area contributed by atoms with Gasteiger partial charge in [0, 0.05) is 36.3 Å². The van der Waals surface area contributed by atoms with Crippen molar-refractivity contribution in [3.63, 3.8) is 0 Å². The molecule has 23 heavy (non-hydrogen) atoms. The quantitative estimate of drug-likeness (QED) is 0.775. The molecule has 1 aliphatic rings. The highest BCUT2D eigenvalue weighted by Crippen LogP contribution is 2.25. The number of carbonyl (C=O) groups excluding carboxylic acids is 2. The van der Waals surface area contributed by atoms with E-state index in [1.54, 1.807) is 23.4 Å². The second-order valence-corrected chi connectivity index (χ2v) is 5.93. The van der Waals surface area contributed by atoms with Crippen LogP contribution in [0.2, 0.25) is 0 Å². The van der Waals surface area contributed by atoms with Crippen LogP contribution in [0.1, 0.15) is 19.8 Å². The minimum Gasteiger partial charge on any atom is -0.383 e. The lowest BCUT2D eigenvalue weighted by Gasteiger charge is -2.30. The lowest BCUT2D eigenvalue weighted by atomic mass is 10.0. The zero-order chi connectivity index (χ0) is 16.4. The molecule has 1 aliphatic heterocycles. The number of nitrogens with zero attached hydrogens (tertiary/aromatic N) is 3. The van der Waals surface area contributed by atoms with E-state index >= 15 is 0 Å². The van der Waals surface area contributed by atoms with Crippen LogP contribution in [0.25, 0.3) is 10.8 Å². The molecule has 3 rings (SSSR count). The zero-order valence-corrected chi connectivity index (χ0v) is 13.0. The van der Waals surface area contributed by atoms with Gasteiger partial charge in [-0.25, -0.2) is 4.98 Å². The van der Waals surface area contributed by atoms with Crippen molar-refractivity contribution in [3.8, 4) is 0 Å². The number of piperidine rings is 1. The van der Waals surface area contributed by atoms with E-state index in [0.29, 0.717) is 41.3 Å². The van der Waals surface area contributed by atoms with Crippen LogP contribution in [0.3, 0.4) is 0 Å². The summed E-state index contributed by atoms with van der Waals surface area (Å²) in [6.07, 6.45) is 6.66.